The van der Waals surface area contributed by atoms with Gasteiger partial charge in [-0.2, -0.15) is 0 Å². The van der Waals surface area contributed by atoms with Crippen LogP contribution in [-0.2, 0) is 20.7 Å². The number of hydrogen-bond donors (Lipinski definition) is 4. The monoisotopic (exact) mass is 610 g/mol. The Bertz CT molecular complexity index is 1430. The predicted molar refractivity (Wildman–Crippen MR) is 166 cm³/mol. The third-order valence-electron chi connectivity index (χ3n) is 6.94. The molecule has 0 fully saturated rings. The number of aliphatic carboxylic acids is 1. The molecule has 0 radical (unpaired) electrons. The molecule has 0 saturated carbocycles. The number of esters is 1. The summed E-state index contributed by atoms with van der Waals surface area (Å²) in [6.07, 6.45) is -2.38. The van der Waals surface area contributed by atoms with Gasteiger partial charge in [0.15, 0.2) is 0 Å². The molecule has 1 aromatic heterocycles. The molecule has 1 heterocycles. The van der Waals surface area contributed by atoms with Gasteiger partial charge in [0.05, 0.1) is 25.0 Å². The van der Waals surface area contributed by atoms with E-state index in [1.54, 1.807) is 32.9 Å². The van der Waals surface area contributed by atoms with Crippen LogP contribution in [0.1, 0.15) is 82.5 Å². The zero-order chi connectivity index (χ0) is 32.6. The molecule has 10 heteroatoms. The van der Waals surface area contributed by atoms with Crippen LogP contribution in [0.15, 0.2) is 54.6 Å². The molecular formula is C34H43FN2O7. The molecule has 2 atom stereocenters. The first-order valence-corrected chi connectivity index (χ1v) is 14.8. The van der Waals surface area contributed by atoms with Crippen LogP contribution >= 0.6 is 0 Å². The molecule has 2 unspecified atom stereocenters. The Morgan fingerprint density at radius 1 is 0.932 bits per heavy atom. The number of aliphatic hydroxyl groups excluding tert-OH is 2. The van der Waals surface area contributed by atoms with Crippen LogP contribution in [0.3, 0.4) is 0 Å². The maximum absolute atomic E-state index is 14.0. The standard InChI is InChI=1S/C34H43FN2O7/c1-21(2)37-27(16-15-25(38)19-26(39)20-28(40)41)30(23-11-13-24(35)14-12-23)31(22-9-7-6-8-10-22)32(37)33(43)36-18-17-29(42)44-34(3,4)5/h6-14,21,25-26,38-39H,15-20H2,1-5H3,(H,36,43)(H,40,41). The lowest BCUT2D eigenvalue weighted by Crippen LogP contribution is -2.31. The van der Waals surface area contributed by atoms with Crippen LogP contribution in [0, 0.1) is 5.82 Å². The van der Waals surface area contributed by atoms with Crippen LogP contribution in [0.25, 0.3) is 22.3 Å². The Kier molecular flexibility index (Phi) is 11.8. The van der Waals surface area contributed by atoms with Gasteiger partial charge in [0, 0.05) is 29.4 Å². The van der Waals surface area contributed by atoms with Crippen LogP contribution in [-0.4, -0.2) is 62.1 Å². The van der Waals surface area contributed by atoms with Crippen molar-refractivity contribution in [3.63, 3.8) is 0 Å². The maximum atomic E-state index is 14.0. The van der Waals surface area contributed by atoms with Gasteiger partial charge < -0.3 is 29.9 Å². The SMILES string of the molecule is CC(C)n1c(CCC(O)CC(O)CC(=O)O)c(-c2ccc(F)cc2)c(-c2ccccc2)c1C(=O)NCCC(=O)OC(C)(C)C. The summed E-state index contributed by atoms with van der Waals surface area (Å²) in [4.78, 5) is 37.3. The lowest BCUT2D eigenvalue weighted by molar-refractivity contribution is -0.154. The highest BCUT2D eigenvalue weighted by Crippen LogP contribution is 2.42. The second-order valence-corrected chi connectivity index (χ2v) is 12.2. The molecule has 0 aliphatic carbocycles. The highest BCUT2D eigenvalue weighted by molar-refractivity contribution is 6.05. The summed E-state index contributed by atoms with van der Waals surface area (Å²) in [5, 5.41) is 32.7. The van der Waals surface area contributed by atoms with Crippen molar-refractivity contribution in [1.82, 2.24) is 9.88 Å². The number of carboxylic acid groups (broad SMARTS) is 1. The first kappa shape index (κ1) is 34.5. The number of hydrogen-bond acceptors (Lipinski definition) is 6. The van der Waals surface area contributed by atoms with Crippen molar-refractivity contribution in [1.29, 1.82) is 0 Å². The van der Waals surface area contributed by atoms with E-state index in [1.807, 2.05) is 48.7 Å². The molecule has 1 amide bonds. The number of carbonyl (C=O) groups is 3. The summed E-state index contributed by atoms with van der Waals surface area (Å²) >= 11 is 0. The quantitative estimate of drug-likeness (QED) is 0.176. The fraction of sp³-hybridized carbons (Fsp3) is 0.441. The van der Waals surface area contributed by atoms with E-state index < -0.39 is 47.9 Å². The largest absolute Gasteiger partial charge is 0.481 e. The average Bonchev–Trinajstić information content (AvgIpc) is 3.27. The number of rotatable bonds is 14. The molecule has 0 aliphatic heterocycles. The van der Waals surface area contributed by atoms with E-state index in [1.165, 1.54) is 12.1 Å². The number of aliphatic hydroxyl groups is 2. The van der Waals surface area contributed by atoms with Gasteiger partial charge in [0.2, 0.25) is 0 Å². The minimum absolute atomic E-state index is 0.0192. The van der Waals surface area contributed by atoms with Crippen LogP contribution in [0.5, 0.6) is 0 Å². The van der Waals surface area contributed by atoms with Crippen LogP contribution in [0.4, 0.5) is 4.39 Å². The summed E-state index contributed by atoms with van der Waals surface area (Å²) in [6.45, 7) is 9.22. The van der Waals surface area contributed by atoms with Gasteiger partial charge in [-0.3, -0.25) is 14.4 Å². The van der Waals surface area contributed by atoms with Crippen molar-refractivity contribution >= 4 is 17.8 Å². The maximum Gasteiger partial charge on any atom is 0.308 e. The van der Waals surface area contributed by atoms with Gasteiger partial charge in [-0.15, -0.1) is 0 Å². The lowest BCUT2D eigenvalue weighted by Gasteiger charge is -2.20. The number of carboxylic acids is 1. The van der Waals surface area contributed by atoms with E-state index in [9.17, 15) is 29.0 Å². The molecule has 3 rings (SSSR count). The molecule has 238 valence electrons. The van der Waals surface area contributed by atoms with Gasteiger partial charge in [-0.25, -0.2) is 4.39 Å². The summed E-state index contributed by atoms with van der Waals surface area (Å²) in [5.74, 6) is -2.42. The second-order valence-electron chi connectivity index (χ2n) is 12.2. The lowest BCUT2D eigenvalue weighted by atomic mass is 9.92. The number of carbonyl (C=O) groups excluding carboxylic acids is 2. The van der Waals surface area contributed by atoms with E-state index in [-0.39, 0.29) is 38.3 Å². The molecule has 2 aromatic carbocycles. The van der Waals surface area contributed by atoms with E-state index in [0.717, 1.165) is 11.3 Å². The number of nitrogens with one attached hydrogen (secondary N) is 1. The Balaban J connectivity index is 2.12. The minimum Gasteiger partial charge on any atom is -0.481 e. The first-order valence-electron chi connectivity index (χ1n) is 14.8. The average molecular weight is 611 g/mol. The molecule has 9 nitrogen and oxygen atoms in total. The van der Waals surface area contributed by atoms with Crippen molar-refractivity contribution in [2.24, 2.45) is 0 Å². The molecular weight excluding hydrogens is 567 g/mol. The van der Waals surface area contributed by atoms with Gasteiger partial charge in [-0.1, -0.05) is 42.5 Å². The van der Waals surface area contributed by atoms with Crippen LogP contribution in [0.2, 0.25) is 0 Å². The van der Waals surface area contributed by atoms with Crippen molar-refractivity contribution in [3.05, 3.63) is 71.8 Å². The summed E-state index contributed by atoms with van der Waals surface area (Å²) in [6, 6.07) is 15.1. The zero-order valence-electron chi connectivity index (χ0n) is 26.0. The third kappa shape index (κ3) is 9.49. The van der Waals surface area contributed by atoms with Gasteiger partial charge in [0.25, 0.3) is 5.91 Å². The summed E-state index contributed by atoms with van der Waals surface area (Å²) in [7, 11) is 0. The Labute approximate surface area is 257 Å². The van der Waals surface area contributed by atoms with Gasteiger partial charge in [0.1, 0.15) is 17.1 Å². The van der Waals surface area contributed by atoms with Crippen molar-refractivity contribution < 1.29 is 38.8 Å². The van der Waals surface area contributed by atoms with Crippen LogP contribution < -0.4 is 5.32 Å². The molecule has 44 heavy (non-hydrogen) atoms. The predicted octanol–water partition coefficient (Wildman–Crippen LogP) is 5.52. The summed E-state index contributed by atoms with van der Waals surface area (Å²) in [5.41, 5.74) is 3.16. The van der Waals surface area contributed by atoms with E-state index in [0.29, 0.717) is 22.4 Å². The molecule has 3 aromatic rings. The number of halogens is 1. The number of benzene rings is 2. The molecule has 0 saturated heterocycles. The third-order valence-corrected chi connectivity index (χ3v) is 6.94. The smallest absolute Gasteiger partial charge is 0.308 e. The number of aromatic nitrogens is 1. The normalized spacial score (nSPS) is 13.0. The van der Waals surface area contributed by atoms with E-state index in [4.69, 9.17) is 9.84 Å². The van der Waals surface area contributed by atoms with E-state index >= 15 is 0 Å². The Hall–Kier alpha value is -4.02. The van der Waals surface area contributed by atoms with Gasteiger partial charge in [-0.05, 0) is 77.1 Å². The van der Waals surface area contributed by atoms with Crippen molar-refractivity contribution in [2.75, 3.05) is 6.54 Å². The van der Waals surface area contributed by atoms with Crippen molar-refractivity contribution in [2.45, 2.75) is 90.6 Å². The highest BCUT2D eigenvalue weighted by Gasteiger charge is 2.30. The molecule has 4 N–H and O–H groups in total. The van der Waals surface area contributed by atoms with E-state index in [2.05, 4.69) is 5.32 Å². The van der Waals surface area contributed by atoms with Crippen molar-refractivity contribution in [3.8, 4) is 22.3 Å². The minimum atomic E-state index is -1.21. The molecule has 0 spiro atoms. The van der Waals surface area contributed by atoms with Gasteiger partial charge >= 0.3 is 11.9 Å². The topological polar surface area (TPSA) is 138 Å². The number of nitrogens with zero attached hydrogens (tertiary/aromatic N) is 1. The highest BCUT2D eigenvalue weighted by atomic mass is 19.1. The Morgan fingerprint density at radius 3 is 2.11 bits per heavy atom. The number of amides is 1. The fourth-order valence-corrected chi connectivity index (χ4v) is 5.26. The molecule has 0 aliphatic rings. The second kappa shape index (κ2) is 15.1. The summed E-state index contributed by atoms with van der Waals surface area (Å²) < 4.78 is 21.3. The number of ether oxygens (including phenoxy) is 1. The zero-order valence-corrected chi connectivity index (χ0v) is 26.0. The first-order chi connectivity index (χ1) is 20.7. The Morgan fingerprint density at radius 2 is 1.55 bits per heavy atom. The molecule has 0 bridgehead atoms. The fourth-order valence-electron chi connectivity index (χ4n) is 5.26.